The molecule has 19 heavy (non-hydrogen) atoms. The van der Waals surface area contributed by atoms with Gasteiger partial charge in [0.2, 0.25) is 5.12 Å². The van der Waals surface area contributed by atoms with Gasteiger partial charge in [0.15, 0.2) is 0 Å². The number of aliphatic hydroxyl groups excluding tert-OH is 1. The van der Waals surface area contributed by atoms with Crippen molar-refractivity contribution in [2.24, 2.45) is 0 Å². The fraction of sp³-hybridized carbons (Fsp3) is 0.333. The Morgan fingerprint density at radius 3 is 2.63 bits per heavy atom. The number of aliphatic hydroxyl groups is 1. The molecule has 0 bridgehead atoms. The second kappa shape index (κ2) is 6.03. The minimum Gasteiger partial charge on any atom is -0.491 e. The van der Waals surface area contributed by atoms with Gasteiger partial charge in [-0.15, -0.1) is 0 Å². The maximum atomic E-state index is 12.7. The average Bonchev–Trinajstić information content (AvgIpc) is 2.67. The lowest BCUT2D eigenvalue weighted by atomic mass is 10.1. The highest BCUT2D eigenvalue weighted by Crippen LogP contribution is 2.19. The van der Waals surface area contributed by atoms with Crippen LogP contribution in [0, 0.1) is 5.82 Å². The van der Waals surface area contributed by atoms with Gasteiger partial charge in [0.1, 0.15) is 24.2 Å². The van der Waals surface area contributed by atoms with Crippen molar-refractivity contribution in [1.82, 2.24) is 5.32 Å². The van der Waals surface area contributed by atoms with E-state index in [1.54, 1.807) is 0 Å². The zero-order chi connectivity index (χ0) is 13.8. The topological polar surface area (TPSA) is 75.6 Å². The van der Waals surface area contributed by atoms with Crippen LogP contribution in [0.2, 0.25) is 0 Å². The molecule has 1 heterocycles. The number of carbonyl (C=O) groups is 2. The number of nitrogens with one attached hydrogen (secondary N) is 1. The highest BCUT2D eigenvalue weighted by atomic mass is 32.2. The molecule has 2 N–H and O–H groups in total. The highest BCUT2D eigenvalue weighted by molar-refractivity contribution is 8.26. The molecule has 1 aromatic rings. The monoisotopic (exact) mass is 285 g/mol. The summed E-state index contributed by atoms with van der Waals surface area (Å²) >= 11 is 0.604. The van der Waals surface area contributed by atoms with Crippen molar-refractivity contribution in [3.8, 4) is 5.75 Å². The molecule has 0 aromatic heterocycles. The molecule has 2 unspecified atom stereocenters. The van der Waals surface area contributed by atoms with Crippen molar-refractivity contribution in [3.05, 3.63) is 30.1 Å². The predicted molar refractivity (Wildman–Crippen MR) is 67.4 cm³/mol. The van der Waals surface area contributed by atoms with Crippen LogP contribution in [0.3, 0.4) is 0 Å². The number of halogens is 1. The first kappa shape index (κ1) is 13.8. The van der Waals surface area contributed by atoms with E-state index in [-0.39, 0.29) is 24.0 Å². The molecule has 1 saturated heterocycles. The Morgan fingerprint density at radius 1 is 1.37 bits per heavy atom. The van der Waals surface area contributed by atoms with Gasteiger partial charge in [-0.2, -0.15) is 0 Å². The predicted octanol–water partition coefficient (Wildman–Crippen LogP) is 1.31. The summed E-state index contributed by atoms with van der Waals surface area (Å²) in [6, 6.07) is 4.71. The van der Waals surface area contributed by atoms with Crippen molar-refractivity contribution in [2.45, 2.75) is 18.6 Å². The molecule has 1 fully saturated rings. The van der Waals surface area contributed by atoms with Crippen molar-refractivity contribution in [3.63, 3.8) is 0 Å². The fourth-order valence-corrected chi connectivity index (χ4v) is 2.29. The van der Waals surface area contributed by atoms with E-state index in [4.69, 9.17) is 4.74 Å². The summed E-state index contributed by atoms with van der Waals surface area (Å²) in [5.74, 6) is 0.0563. The van der Waals surface area contributed by atoms with Crippen molar-refractivity contribution in [1.29, 1.82) is 0 Å². The molecule has 0 aliphatic carbocycles. The van der Waals surface area contributed by atoms with Gasteiger partial charge in [0, 0.05) is 18.2 Å². The second-order valence-corrected chi connectivity index (χ2v) is 5.04. The molecule has 0 spiro atoms. The third kappa shape index (κ3) is 3.93. The molecule has 1 amide bonds. The van der Waals surface area contributed by atoms with E-state index in [0.717, 1.165) is 0 Å². The molecule has 102 valence electrons. The van der Waals surface area contributed by atoms with Gasteiger partial charge >= 0.3 is 0 Å². The van der Waals surface area contributed by atoms with Crippen LogP contribution in [0.1, 0.15) is 6.42 Å². The summed E-state index contributed by atoms with van der Waals surface area (Å²) in [7, 11) is 0. The van der Waals surface area contributed by atoms with Crippen molar-refractivity contribution in [2.75, 3.05) is 6.61 Å². The number of rotatable bonds is 5. The normalized spacial score (nSPS) is 20.2. The first-order chi connectivity index (χ1) is 9.04. The van der Waals surface area contributed by atoms with Crippen LogP contribution in [0.4, 0.5) is 9.18 Å². The van der Waals surface area contributed by atoms with Crippen LogP contribution in [0.5, 0.6) is 5.75 Å². The average molecular weight is 285 g/mol. The van der Waals surface area contributed by atoms with Gasteiger partial charge in [0.25, 0.3) is 5.24 Å². The molecular formula is C12H12FNO4S. The zero-order valence-electron chi connectivity index (χ0n) is 9.84. The van der Waals surface area contributed by atoms with Gasteiger partial charge in [-0.3, -0.25) is 9.59 Å². The number of ether oxygens (including phenoxy) is 1. The number of amides is 1. The van der Waals surface area contributed by atoms with Crippen LogP contribution >= 0.6 is 11.8 Å². The number of hydrogen-bond donors (Lipinski definition) is 2. The summed E-state index contributed by atoms with van der Waals surface area (Å²) in [4.78, 5) is 22.3. The van der Waals surface area contributed by atoms with E-state index < -0.39 is 17.4 Å². The first-order valence-corrected chi connectivity index (χ1v) is 6.45. The maximum absolute atomic E-state index is 12.7. The minimum absolute atomic E-state index is 0.0318. The number of carbonyl (C=O) groups excluding carboxylic acids is 2. The van der Waals surface area contributed by atoms with Crippen molar-refractivity contribution < 1.29 is 23.8 Å². The van der Waals surface area contributed by atoms with Gasteiger partial charge in [0.05, 0.1) is 6.10 Å². The molecule has 0 radical (unpaired) electrons. The number of thioether (sulfide) groups is 1. The molecule has 7 heteroatoms. The highest BCUT2D eigenvalue weighted by Gasteiger charge is 2.32. The molecule has 2 atom stereocenters. The van der Waals surface area contributed by atoms with E-state index in [1.807, 2.05) is 0 Å². The molecular weight excluding hydrogens is 273 g/mol. The Kier molecular flexibility index (Phi) is 4.39. The SMILES string of the molecule is O=C1NC(CC(O)COc2ccc(F)cc2)C(=O)S1. The lowest BCUT2D eigenvalue weighted by Crippen LogP contribution is -2.34. The van der Waals surface area contributed by atoms with E-state index in [9.17, 15) is 19.1 Å². The standard InChI is InChI=1S/C12H12FNO4S/c13-7-1-3-9(4-2-7)18-6-8(15)5-10-11(16)19-12(17)14-10/h1-4,8,10,15H,5-6H2,(H,14,17). The van der Waals surface area contributed by atoms with Gasteiger partial charge < -0.3 is 15.2 Å². The van der Waals surface area contributed by atoms with E-state index >= 15 is 0 Å². The molecule has 2 rings (SSSR count). The summed E-state index contributed by atoms with van der Waals surface area (Å²) in [6.07, 6.45) is -0.795. The third-order valence-electron chi connectivity index (χ3n) is 2.53. The summed E-state index contributed by atoms with van der Waals surface area (Å²) in [5, 5.41) is 11.5. The summed E-state index contributed by atoms with van der Waals surface area (Å²) in [6.45, 7) is -0.0318. The van der Waals surface area contributed by atoms with Crippen LogP contribution in [-0.2, 0) is 4.79 Å². The number of hydrogen-bond acceptors (Lipinski definition) is 5. The van der Waals surface area contributed by atoms with Crippen LogP contribution < -0.4 is 10.1 Å². The van der Waals surface area contributed by atoms with E-state index in [1.165, 1.54) is 24.3 Å². The van der Waals surface area contributed by atoms with E-state index in [2.05, 4.69) is 5.32 Å². The van der Waals surface area contributed by atoms with Crippen LogP contribution in [0.25, 0.3) is 0 Å². The van der Waals surface area contributed by atoms with Crippen LogP contribution in [-0.4, -0.2) is 34.2 Å². The Hall–Kier alpha value is -1.60. The van der Waals surface area contributed by atoms with Crippen molar-refractivity contribution >= 4 is 22.1 Å². The first-order valence-electron chi connectivity index (χ1n) is 5.63. The third-order valence-corrected chi connectivity index (χ3v) is 3.32. The zero-order valence-corrected chi connectivity index (χ0v) is 10.7. The minimum atomic E-state index is -0.891. The fourth-order valence-electron chi connectivity index (χ4n) is 1.61. The molecule has 1 aliphatic rings. The summed E-state index contributed by atoms with van der Waals surface area (Å²) in [5.41, 5.74) is 0. The Morgan fingerprint density at radius 2 is 2.05 bits per heavy atom. The largest absolute Gasteiger partial charge is 0.491 e. The Balaban J connectivity index is 1.78. The van der Waals surface area contributed by atoms with Gasteiger partial charge in [-0.25, -0.2) is 4.39 Å². The second-order valence-electron chi connectivity index (χ2n) is 4.06. The maximum Gasteiger partial charge on any atom is 0.287 e. The lowest BCUT2D eigenvalue weighted by molar-refractivity contribution is -0.112. The number of benzene rings is 1. The van der Waals surface area contributed by atoms with Crippen LogP contribution in [0.15, 0.2) is 24.3 Å². The Labute approximate surface area is 113 Å². The Bertz CT molecular complexity index is 479. The van der Waals surface area contributed by atoms with Gasteiger partial charge in [-0.05, 0) is 24.3 Å². The van der Waals surface area contributed by atoms with Gasteiger partial charge in [-0.1, -0.05) is 0 Å². The smallest absolute Gasteiger partial charge is 0.287 e. The molecule has 1 aliphatic heterocycles. The lowest BCUT2D eigenvalue weighted by Gasteiger charge is -2.15. The quantitative estimate of drug-likeness (QED) is 0.853. The molecule has 5 nitrogen and oxygen atoms in total. The molecule has 0 saturated carbocycles. The molecule has 1 aromatic carbocycles. The van der Waals surface area contributed by atoms with E-state index in [0.29, 0.717) is 17.5 Å². The summed E-state index contributed by atoms with van der Waals surface area (Å²) < 4.78 is 17.9.